The maximum Gasteiger partial charge on any atom is 0.228 e. The van der Waals surface area contributed by atoms with Crippen LogP contribution in [0.4, 0.5) is 10.1 Å². The van der Waals surface area contributed by atoms with Crippen molar-refractivity contribution in [1.29, 1.82) is 0 Å². The topological polar surface area (TPSA) is 58.2 Å². The van der Waals surface area contributed by atoms with Gasteiger partial charge in [-0.3, -0.25) is 9.59 Å². The fourth-order valence-corrected chi connectivity index (χ4v) is 3.23. The third-order valence-electron chi connectivity index (χ3n) is 4.93. The van der Waals surface area contributed by atoms with E-state index in [1.54, 1.807) is 12.1 Å². The molecule has 2 atom stereocenters. The van der Waals surface area contributed by atoms with Crippen molar-refractivity contribution in [2.24, 2.45) is 11.8 Å². The Balaban J connectivity index is 1.46. The van der Waals surface area contributed by atoms with Crippen molar-refractivity contribution in [3.63, 3.8) is 0 Å². The van der Waals surface area contributed by atoms with Gasteiger partial charge >= 0.3 is 0 Å². The number of rotatable bonds is 7. The summed E-state index contributed by atoms with van der Waals surface area (Å²) in [6.07, 6.45) is 1.22. The SMILES string of the molecule is CC(C)c1ccccc1NC(=O)C1CC1C(=O)NCCc1ccc(F)cc1. The van der Waals surface area contributed by atoms with Gasteiger partial charge in [0.05, 0.1) is 11.8 Å². The van der Waals surface area contributed by atoms with Gasteiger partial charge in [0, 0.05) is 12.2 Å². The molecule has 0 saturated heterocycles. The summed E-state index contributed by atoms with van der Waals surface area (Å²) >= 11 is 0. The van der Waals surface area contributed by atoms with Crippen molar-refractivity contribution >= 4 is 17.5 Å². The summed E-state index contributed by atoms with van der Waals surface area (Å²) in [4.78, 5) is 24.7. The quantitative estimate of drug-likeness (QED) is 0.779. The van der Waals surface area contributed by atoms with Gasteiger partial charge in [-0.25, -0.2) is 4.39 Å². The van der Waals surface area contributed by atoms with Crippen LogP contribution in [0.3, 0.4) is 0 Å². The zero-order chi connectivity index (χ0) is 19.4. The highest BCUT2D eigenvalue weighted by Gasteiger charge is 2.47. The van der Waals surface area contributed by atoms with Crippen molar-refractivity contribution in [3.8, 4) is 0 Å². The molecule has 0 spiro atoms. The molecule has 2 aromatic rings. The fraction of sp³-hybridized carbons (Fsp3) is 0.364. The lowest BCUT2D eigenvalue weighted by atomic mass is 10.0. The predicted molar refractivity (Wildman–Crippen MR) is 104 cm³/mol. The normalized spacial score (nSPS) is 18.2. The van der Waals surface area contributed by atoms with Gasteiger partial charge < -0.3 is 10.6 Å². The van der Waals surface area contributed by atoms with Crippen LogP contribution in [0, 0.1) is 17.7 Å². The first-order chi connectivity index (χ1) is 13.0. The molecular weight excluding hydrogens is 343 g/mol. The average Bonchev–Trinajstić information content (AvgIpc) is 3.44. The lowest BCUT2D eigenvalue weighted by Gasteiger charge is -2.13. The number of hydrogen-bond donors (Lipinski definition) is 2. The first kappa shape index (κ1) is 19.1. The van der Waals surface area contributed by atoms with Crippen LogP contribution >= 0.6 is 0 Å². The van der Waals surface area contributed by atoms with E-state index >= 15 is 0 Å². The summed E-state index contributed by atoms with van der Waals surface area (Å²) in [7, 11) is 0. The van der Waals surface area contributed by atoms with Crippen LogP contribution in [-0.4, -0.2) is 18.4 Å². The van der Waals surface area contributed by atoms with E-state index in [0.717, 1.165) is 16.8 Å². The summed E-state index contributed by atoms with van der Waals surface area (Å²) in [5.74, 6) is -0.670. The molecular formula is C22H25FN2O2. The number of benzene rings is 2. The van der Waals surface area contributed by atoms with Gasteiger partial charge in [-0.15, -0.1) is 0 Å². The number of anilines is 1. The highest BCUT2D eigenvalue weighted by Crippen LogP contribution is 2.40. The molecule has 142 valence electrons. The van der Waals surface area contributed by atoms with Crippen molar-refractivity contribution in [1.82, 2.24) is 5.32 Å². The van der Waals surface area contributed by atoms with E-state index in [9.17, 15) is 14.0 Å². The average molecular weight is 368 g/mol. The van der Waals surface area contributed by atoms with Crippen molar-refractivity contribution in [2.75, 3.05) is 11.9 Å². The molecule has 1 aliphatic carbocycles. The van der Waals surface area contributed by atoms with E-state index in [0.29, 0.717) is 25.3 Å². The zero-order valence-corrected chi connectivity index (χ0v) is 15.7. The summed E-state index contributed by atoms with van der Waals surface area (Å²) in [6, 6.07) is 14.0. The van der Waals surface area contributed by atoms with Crippen LogP contribution in [-0.2, 0) is 16.0 Å². The first-order valence-electron chi connectivity index (χ1n) is 9.37. The second-order valence-electron chi connectivity index (χ2n) is 7.35. The minimum Gasteiger partial charge on any atom is -0.356 e. The minimum atomic E-state index is -0.270. The standard InChI is InChI=1S/C22H25FN2O2/c1-14(2)17-5-3-4-6-20(17)25-22(27)19-13-18(19)21(26)24-12-11-15-7-9-16(23)10-8-15/h3-10,14,18-19H,11-13H2,1-2H3,(H,24,26)(H,25,27). The van der Waals surface area contributed by atoms with Gasteiger partial charge in [-0.1, -0.05) is 44.2 Å². The third kappa shape index (κ3) is 4.94. The number of para-hydroxylation sites is 1. The molecule has 4 nitrogen and oxygen atoms in total. The molecule has 2 amide bonds. The second kappa shape index (κ2) is 8.33. The van der Waals surface area contributed by atoms with Gasteiger partial charge in [0.25, 0.3) is 0 Å². The number of halogens is 1. The molecule has 1 aliphatic rings. The molecule has 5 heteroatoms. The Morgan fingerprint density at radius 3 is 2.41 bits per heavy atom. The highest BCUT2D eigenvalue weighted by molar-refractivity contribution is 6.00. The summed E-state index contributed by atoms with van der Waals surface area (Å²) in [5.41, 5.74) is 2.87. The molecule has 2 unspecified atom stereocenters. The molecule has 2 aromatic carbocycles. The highest BCUT2D eigenvalue weighted by atomic mass is 19.1. The Morgan fingerprint density at radius 1 is 1.04 bits per heavy atom. The number of carbonyl (C=O) groups excluding carboxylic acids is 2. The molecule has 27 heavy (non-hydrogen) atoms. The molecule has 2 N–H and O–H groups in total. The van der Waals surface area contributed by atoms with E-state index in [1.807, 2.05) is 24.3 Å². The van der Waals surface area contributed by atoms with Crippen LogP contribution in [0.2, 0.25) is 0 Å². The minimum absolute atomic E-state index is 0.0885. The van der Waals surface area contributed by atoms with Crippen LogP contribution < -0.4 is 10.6 Å². The Kier molecular flexibility index (Phi) is 5.89. The van der Waals surface area contributed by atoms with Gasteiger partial charge in [-0.2, -0.15) is 0 Å². The maximum absolute atomic E-state index is 12.9. The van der Waals surface area contributed by atoms with E-state index < -0.39 is 0 Å². The van der Waals surface area contributed by atoms with Crippen LogP contribution in [0.25, 0.3) is 0 Å². The third-order valence-corrected chi connectivity index (χ3v) is 4.93. The lowest BCUT2D eigenvalue weighted by Crippen LogP contribution is -2.29. The maximum atomic E-state index is 12.9. The van der Waals surface area contributed by atoms with E-state index in [2.05, 4.69) is 24.5 Å². The van der Waals surface area contributed by atoms with Gasteiger partial charge in [-0.05, 0) is 48.1 Å². The molecule has 0 aliphatic heterocycles. The monoisotopic (exact) mass is 368 g/mol. The first-order valence-corrected chi connectivity index (χ1v) is 9.37. The Bertz CT molecular complexity index is 817. The van der Waals surface area contributed by atoms with Gasteiger partial charge in [0.2, 0.25) is 11.8 Å². The zero-order valence-electron chi connectivity index (χ0n) is 15.7. The number of hydrogen-bond acceptors (Lipinski definition) is 2. The van der Waals surface area contributed by atoms with Crippen LogP contribution in [0.15, 0.2) is 48.5 Å². The Morgan fingerprint density at radius 2 is 1.70 bits per heavy atom. The second-order valence-corrected chi connectivity index (χ2v) is 7.35. The van der Waals surface area contributed by atoms with Gasteiger partial charge in [0.15, 0.2) is 0 Å². The summed E-state index contributed by atoms with van der Waals surface area (Å²) in [6.45, 7) is 4.64. The Hall–Kier alpha value is -2.69. The van der Waals surface area contributed by atoms with Crippen molar-refractivity contribution in [2.45, 2.75) is 32.6 Å². The molecule has 0 radical (unpaired) electrons. The molecule has 1 saturated carbocycles. The predicted octanol–water partition coefficient (Wildman–Crippen LogP) is 3.88. The van der Waals surface area contributed by atoms with E-state index in [4.69, 9.17) is 0 Å². The van der Waals surface area contributed by atoms with Crippen molar-refractivity contribution in [3.05, 3.63) is 65.5 Å². The van der Waals surface area contributed by atoms with Gasteiger partial charge in [0.1, 0.15) is 5.82 Å². The largest absolute Gasteiger partial charge is 0.356 e. The fourth-order valence-electron chi connectivity index (χ4n) is 3.23. The lowest BCUT2D eigenvalue weighted by molar-refractivity contribution is -0.125. The van der Waals surface area contributed by atoms with Crippen molar-refractivity contribution < 1.29 is 14.0 Å². The molecule has 0 aromatic heterocycles. The smallest absolute Gasteiger partial charge is 0.228 e. The molecule has 1 fully saturated rings. The summed E-state index contributed by atoms with van der Waals surface area (Å²) < 4.78 is 12.9. The van der Waals surface area contributed by atoms with E-state index in [1.165, 1.54) is 12.1 Å². The van der Waals surface area contributed by atoms with Crippen LogP contribution in [0.1, 0.15) is 37.3 Å². The number of carbonyl (C=O) groups is 2. The molecule has 0 bridgehead atoms. The Labute approximate surface area is 159 Å². The van der Waals surface area contributed by atoms with Crippen LogP contribution in [0.5, 0.6) is 0 Å². The molecule has 0 heterocycles. The number of amides is 2. The summed E-state index contributed by atoms with van der Waals surface area (Å²) in [5, 5.41) is 5.84. The molecule has 3 rings (SSSR count). The number of nitrogens with one attached hydrogen (secondary N) is 2. The van der Waals surface area contributed by atoms with E-state index in [-0.39, 0.29) is 29.5 Å².